The predicted molar refractivity (Wildman–Crippen MR) is 58.8 cm³/mol. The number of nitrogens with one attached hydrogen (secondary N) is 1. The zero-order valence-electron chi connectivity index (χ0n) is 7.70. The molecule has 0 aliphatic rings. The van der Waals surface area contributed by atoms with Gasteiger partial charge in [-0.2, -0.15) is 0 Å². The predicted octanol–water partition coefficient (Wildman–Crippen LogP) is 1.89. The fourth-order valence-electron chi connectivity index (χ4n) is 1.20. The van der Waals surface area contributed by atoms with Crippen LogP contribution in [0, 0.1) is 0 Å². The van der Waals surface area contributed by atoms with Crippen molar-refractivity contribution in [2.45, 2.75) is 19.3 Å². The molecule has 0 bridgehead atoms. The Morgan fingerprint density at radius 2 is 1.77 bits per heavy atom. The van der Waals surface area contributed by atoms with Gasteiger partial charge in [0.25, 0.3) is 0 Å². The average molecular weight is 201 g/mol. The molecule has 74 valence electrons. The zero-order valence-corrected chi connectivity index (χ0v) is 8.52. The van der Waals surface area contributed by atoms with Crippen LogP contribution in [0.15, 0.2) is 30.3 Å². The lowest BCUT2D eigenvalue weighted by molar-refractivity contribution is 0.645. The highest BCUT2D eigenvalue weighted by atomic mass is 35.5. The topological polar surface area (TPSA) is 38.0 Å². The number of benzene rings is 1. The second kappa shape index (κ2) is 8.05. The fraction of sp³-hybridized carbons (Fsp3) is 0.400. The van der Waals surface area contributed by atoms with Crippen molar-refractivity contribution < 1.29 is 0 Å². The van der Waals surface area contributed by atoms with Crippen LogP contribution >= 0.6 is 12.4 Å². The van der Waals surface area contributed by atoms with Crippen molar-refractivity contribution in [1.29, 1.82) is 0 Å². The van der Waals surface area contributed by atoms with Gasteiger partial charge in [-0.15, -0.1) is 12.4 Å². The molecule has 0 aromatic heterocycles. The first kappa shape index (κ1) is 12.4. The zero-order chi connectivity index (χ0) is 8.65. The van der Waals surface area contributed by atoms with E-state index in [1.165, 1.54) is 12.0 Å². The van der Waals surface area contributed by atoms with E-state index in [0.717, 1.165) is 19.4 Å². The number of hydrogen-bond acceptors (Lipinski definition) is 2. The van der Waals surface area contributed by atoms with E-state index in [2.05, 4.69) is 29.7 Å². The lowest BCUT2D eigenvalue weighted by Gasteiger charge is -2.00. The molecule has 0 spiro atoms. The molecule has 3 N–H and O–H groups in total. The third-order valence-electron chi connectivity index (χ3n) is 1.88. The lowest BCUT2D eigenvalue weighted by Crippen LogP contribution is -2.22. The largest absolute Gasteiger partial charge is 0.271 e. The Hall–Kier alpha value is -0.570. The molecular formula is C10H17ClN2. The van der Waals surface area contributed by atoms with Crippen molar-refractivity contribution in [3.8, 4) is 0 Å². The average Bonchev–Trinajstić information content (AvgIpc) is 2.14. The summed E-state index contributed by atoms with van der Waals surface area (Å²) in [7, 11) is 0. The van der Waals surface area contributed by atoms with E-state index >= 15 is 0 Å². The van der Waals surface area contributed by atoms with Gasteiger partial charge in [0.05, 0.1) is 0 Å². The van der Waals surface area contributed by atoms with Crippen molar-refractivity contribution in [2.75, 3.05) is 6.54 Å². The maximum Gasteiger partial charge on any atom is 0.00975 e. The van der Waals surface area contributed by atoms with E-state index in [4.69, 9.17) is 5.84 Å². The second-order valence-electron chi connectivity index (χ2n) is 2.90. The molecule has 0 saturated heterocycles. The van der Waals surface area contributed by atoms with Crippen LogP contribution in [0.3, 0.4) is 0 Å². The molecule has 1 rings (SSSR count). The van der Waals surface area contributed by atoms with Crippen molar-refractivity contribution in [3.63, 3.8) is 0 Å². The minimum atomic E-state index is 0. The molecule has 0 radical (unpaired) electrons. The Kier molecular flexibility index (Phi) is 7.69. The van der Waals surface area contributed by atoms with E-state index in [-0.39, 0.29) is 12.4 Å². The van der Waals surface area contributed by atoms with Gasteiger partial charge < -0.3 is 0 Å². The molecule has 0 saturated carbocycles. The van der Waals surface area contributed by atoms with E-state index in [9.17, 15) is 0 Å². The molecule has 0 heterocycles. The summed E-state index contributed by atoms with van der Waals surface area (Å²) in [5.41, 5.74) is 4.07. The second-order valence-corrected chi connectivity index (χ2v) is 2.90. The number of unbranched alkanes of at least 4 members (excludes halogenated alkanes) is 1. The molecule has 1 aromatic carbocycles. The summed E-state index contributed by atoms with van der Waals surface area (Å²) in [6, 6.07) is 10.5. The highest BCUT2D eigenvalue weighted by Crippen LogP contribution is 2.03. The smallest absolute Gasteiger partial charge is 0.00975 e. The van der Waals surface area contributed by atoms with Crippen molar-refractivity contribution >= 4 is 12.4 Å². The summed E-state index contributed by atoms with van der Waals surface area (Å²) in [5, 5.41) is 0. The van der Waals surface area contributed by atoms with Crippen molar-refractivity contribution in [1.82, 2.24) is 5.43 Å². The molecule has 2 nitrogen and oxygen atoms in total. The molecular weight excluding hydrogens is 184 g/mol. The maximum atomic E-state index is 5.16. The van der Waals surface area contributed by atoms with Crippen LogP contribution in [0.1, 0.15) is 18.4 Å². The molecule has 0 amide bonds. The van der Waals surface area contributed by atoms with Gasteiger partial charge in [0.1, 0.15) is 0 Å². The van der Waals surface area contributed by atoms with Gasteiger partial charge in [0.2, 0.25) is 0 Å². The summed E-state index contributed by atoms with van der Waals surface area (Å²) in [5.74, 6) is 5.16. The standard InChI is InChI=1S/C10H16N2.ClH/c11-12-9-5-4-8-10-6-2-1-3-7-10;/h1-3,6-7,12H,4-5,8-9,11H2;1H. The molecule has 0 fully saturated rings. The van der Waals surface area contributed by atoms with Gasteiger partial charge in [0.15, 0.2) is 0 Å². The highest BCUT2D eigenvalue weighted by Gasteiger charge is 1.90. The monoisotopic (exact) mass is 200 g/mol. The first-order valence-electron chi connectivity index (χ1n) is 4.41. The van der Waals surface area contributed by atoms with Crippen molar-refractivity contribution in [2.24, 2.45) is 5.84 Å². The number of hydrazine groups is 1. The fourth-order valence-corrected chi connectivity index (χ4v) is 1.20. The molecule has 0 atom stereocenters. The van der Waals surface area contributed by atoms with Crippen LogP contribution in [0.2, 0.25) is 0 Å². The Morgan fingerprint density at radius 1 is 1.08 bits per heavy atom. The third-order valence-corrected chi connectivity index (χ3v) is 1.88. The van der Waals surface area contributed by atoms with Gasteiger partial charge in [-0.05, 0) is 24.8 Å². The van der Waals surface area contributed by atoms with E-state index in [1.807, 2.05) is 6.07 Å². The van der Waals surface area contributed by atoms with Gasteiger partial charge in [-0.25, -0.2) is 0 Å². The molecule has 3 heteroatoms. The van der Waals surface area contributed by atoms with Crippen LogP contribution in [0.4, 0.5) is 0 Å². The van der Waals surface area contributed by atoms with Gasteiger partial charge in [-0.1, -0.05) is 30.3 Å². The van der Waals surface area contributed by atoms with Gasteiger partial charge in [0, 0.05) is 6.54 Å². The quantitative estimate of drug-likeness (QED) is 0.433. The van der Waals surface area contributed by atoms with Gasteiger partial charge in [-0.3, -0.25) is 11.3 Å². The molecule has 1 aromatic rings. The van der Waals surface area contributed by atoms with E-state index in [1.54, 1.807) is 0 Å². The molecule has 0 unspecified atom stereocenters. The Balaban J connectivity index is 0.00000144. The Morgan fingerprint density at radius 3 is 2.38 bits per heavy atom. The van der Waals surface area contributed by atoms with Crippen LogP contribution in [-0.4, -0.2) is 6.54 Å². The molecule has 0 aliphatic carbocycles. The third kappa shape index (κ3) is 5.64. The van der Waals surface area contributed by atoms with Crippen molar-refractivity contribution in [3.05, 3.63) is 35.9 Å². The van der Waals surface area contributed by atoms with Crippen LogP contribution in [0.5, 0.6) is 0 Å². The Bertz CT molecular complexity index is 201. The normalized spacial score (nSPS) is 9.31. The SMILES string of the molecule is Cl.NNCCCCc1ccccc1. The number of aryl methyl sites for hydroxylation is 1. The summed E-state index contributed by atoms with van der Waals surface area (Å²) in [6.07, 6.45) is 3.50. The Labute approximate surface area is 85.9 Å². The first-order chi connectivity index (χ1) is 5.93. The van der Waals surface area contributed by atoms with Crippen LogP contribution in [0.25, 0.3) is 0 Å². The van der Waals surface area contributed by atoms with E-state index < -0.39 is 0 Å². The summed E-state index contributed by atoms with van der Waals surface area (Å²) in [4.78, 5) is 0. The summed E-state index contributed by atoms with van der Waals surface area (Å²) in [6.45, 7) is 0.910. The number of halogens is 1. The minimum absolute atomic E-state index is 0. The summed E-state index contributed by atoms with van der Waals surface area (Å²) < 4.78 is 0. The van der Waals surface area contributed by atoms with Gasteiger partial charge >= 0.3 is 0 Å². The van der Waals surface area contributed by atoms with Crippen LogP contribution < -0.4 is 11.3 Å². The number of nitrogens with two attached hydrogens (primary N) is 1. The molecule has 13 heavy (non-hydrogen) atoms. The lowest BCUT2D eigenvalue weighted by atomic mass is 10.1. The number of hydrogen-bond donors (Lipinski definition) is 2. The van der Waals surface area contributed by atoms with E-state index in [0.29, 0.717) is 0 Å². The highest BCUT2D eigenvalue weighted by molar-refractivity contribution is 5.85. The maximum absolute atomic E-state index is 5.16. The number of rotatable bonds is 5. The minimum Gasteiger partial charge on any atom is -0.271 e. The molecule has 0 aliphatic heterocycles. The van der Waals surface area contributed by atoms with Crippen LogP contribution in [-0.2, 0) is 6.42 Å². The first-order valence-corrected chi connectivity index (χ1v) is 4.41. The summed E-state index contributed by atoms with van der Waals surface area (Å²) >= 11 is 0.